The van der Waals surface area contributed by atoms with Crippen LogP contribution in [0.1, 0.15) is 18.4 Å². The fourth-order valence-electron chi connectivity index (χ4n) is 3.13. The van der Waals surface area contributed by atoms with Crippen molar-refractivity contribution in [2.45, 2.75) is 18.9 Å². The van der Waals surface area contributed by atoms with Crippen molar-refractivity contribution < 1.29 is 33.0 Å². The molecular weight excluding hydrogens is 574 g/mol. The zero-order valence-corrected chi connectivity index (χ0v) is 21.0. The Morgan fingerprint density at radius 3 is 2.69 bits per heavy atom. The topological polar surface area (TPSA) is 127 Å². The molecular formula is C23H24FIN4O6. The van der Waals surface area contributed by atoms with Crippen molar-refractivity contribution in [2.75, 3.05) is 32.2 Å². The van der Waals surface area contributed by atoms with E-state index in [0.29, 0.717) is 32.9 Å². The predicted molar refractivity (Wildman–Crippen MR) is 134 cm³/mol. The predicted octanol–water partition coefficient (Wildman–Crippen LogP) is 2.20. The zero-order chi connectivity index (χ0) is 25.2. The van der Waals surface area contributed by atoms with Crippen molar-refractivity contribution in [1.82, 2.24) is 10.7 Å². The van der Waals surface area contributed by atoms with Gasteiger partial charge >= 0.3 is 11.8 Å². The molecule has 1 heterocycles. The van der Waals surface area contributed by atoms with E-state index in [2.05, 4.69) is 21.2 Å². The lowest BCUT2D eigenvalue weighted by atomic mass is 10.2. The van der Waals surface area contributed by atoms with Crippen LogP contribution in [0.25, 0.3) is 0 Å². The van der Waals surface area contributed by atoms with Crippen LogP contribution in [0.4, 0.5) is 10.1 Å². The summed E-state index contributed by atoms with van der Waals surface area (Å²) in [5.41, 5.74) is 3.18. The minimum Gasteiger partial charge on any atom is -0.493 e. The number of amides is 3. The third-order valence-corrected chi connectivity index (χ3v) is 5.63. The summed E-state index contributed by atoms with van der Waals surface area (Å²) in [5, 5.41) is 8.93. The summed E-state index contributed by atoms with van der Waals surface area (Å²) in [4.78, 5) is 35.9. The Balaban J connectivity index is 1.52. The molecule has 0 aromatic heterocycles. The van der Waals surface area contributed by atoms with Gasteiger partial charge in [0.25, 0.3) is 5.91 Å². The second-order valence-corrected chi connectivity index (χ2v) is 8.58. The van der Waals surface area contributed by atoms with E-state index in [4.69, 9.17) is 14.2 Å². The van der Waals surface area contributed by atoms with E-state index >= 15 is 0 Å². The second-order valence-electron chi connectivity index (χ2n) is 7.42. The number of hydrazone groups is 1. The number of nitrogens with one attached hydrogen (secondary N) is 3. The number of halogens is 2. The quantitative estimate of drug-likeness (QED) is 0.176. The summed E-state index contributed by atoms with van der Waals surface area (Å²) in [6.45, 7) is 0.634. The van der Waals surface area contributed by atoms with E-state index in [1.165, 1.54) is 37.6 Å². The molecule has 3 amide bonds. The minimum atomic E-state index is -0.895. The van der Waals surface area contributed by atoms with Gasteiger partial charge in [-0.3, -0.25) is 14.4 Å². The summed E-state index contributed by atoms with van der Waals surface area (Å²) in [6, 6.07) is 8.66. The molecule has 1 saturated heterocycles. The van der Waals surface area contributed by atoms with E-state index in [0.717, 1.165) is 12.8 Å². The van der Waals surface area contributed by atoms with Crippen molar-refractivity contribution in [1.29, 1.82) is 0 Å². The van der Waals surface area contributed by atoms with Gasteiger partial charge < -0.3 is 24.8 Å². The molecule has 1 aliphatic rings. The summed E-state index contributed by atoms with van der Waals surface area (Å²) < 4.78 is 30.0. The van der Waals surface area contributed by atoms with Gasteiger partial charge in [-0.2, -0.15) is 5.10 Å². The third-order valence-electron chi connectivity index (χ3n) is 4.83. The molecule has 186 valence electrons. The van der Waals surface area contributed by atoms with E-state index in [1.807, 2.05) is 22.6 Å². The number of methoxy groups -OCH3 is 1. The number of carbonyl (C=O) groups is 3. The highest BCUT2D eigenvalue weighted by Gasteiger charge is 2.19. The van der Waals surface area contributed by atoms with Crippen LogP contribution >= 0.6 is 22.6 Å². The van der Waals surface area contributed by atoms with Crippen LogP contribution in [0.15, 0.2) is 41.5 Å². The molecule has 0 radical (unpaired) electrons. The van der Waals surface area contributed by atoms with Gasteiger partial charge in [0.1, 0.15) is 5.82 Å². The van der Waals surface area contributed by atoms with Gasteiger partial charge in [-0.25, -0.2) is 9.82 Å². The highest BCUT2D eigenvalue weighted by Crippen LogP contribution is 2.33. The SMILES string of the molecule is COc1cc(/C=N\NC(=O)C(=O)NC[C@H]2CCCO2)cc(I)c1OCC(=O)Nc1ccc(F)cc1. The van der Waals surface area contributed by atoms with Crippen LogP contribution < -0.4 is 25.5 Å². The first kappa shape index (κ1) is 26.3. The molecule has 0 aliphatic carbocycles. The Hall–Kier alpha value is -3.26. The maximum Gasteiger partial charge on any atom is 0.329 e. The highest BCUT2D eigenvalue weighted by atomic mass is 127. The zero-order valence-electron chi connectivity index (χ0n) is 18.8. The molecule has 1 atom stereocenters. The fraction of sp³-hybridized carbons (Fsp3) is 0.304. The van der Waals surface area contributed by atoms with Gasteiger partial charge in [-0.15, -0.1) is 0 Å². The largest absolute Gasteiger partial charge is 0.493 e. The van der Waals surface area contributed by atoms with Gasteiger partial charge in [0.2, 0.25) is 0 Å². The second kappa shape index (κ2) is 13.0. The average molecular weight is 598 g/mol. The lowest BCUT2D eigenvalue weighted by Crippen LogP contribution is -2.41. The molecule has 3 rings (SSSR count). The Labute approximate surface area is 214 Å². The number of hydrogen-bond donors (Lipinski definition) is 3. The number of rotatable bonds is 9. The summed E-state index contributed by atoms with van der Waals surface area (Å²) >= 11 is 2.01. The van der Waals surface area contributed by atoms with Crippen LogP contribution in [-0.4, -0.2) is 56.9 Å². The van der Waals surface area contributed by atoms with Crippen LogP contribution in [-0.2, 0) is 19.1 Å². The average Bonchev–Trinajstić information content (AvgIpc) is 3.36. The molecule has 10 nitrogen and oxygen atoms in total. The van der Waals surface area contributed by atoms with Crippen molar-refractivity contribution in [3.8, 4) is 11.5 Å². The normalized spacial score (nSPS) is 15.0. The van der Waals surface area contributed by atoms with Crippen LogP contribution in [0, 0.1) is 9.39 Å². The van der Waals surface area contributed by atoms with Gasteiger partial charge in [0.15, 0.2) is 18.1 Å². The Bertz CT molecular complexity index is 1090. The monoisotopic (exact) mass is 598 g/mol. The molecule has 0 saturated carbocycles. The Kier molecular flexibility index (Phi) is 9.78. The van der Waals surface area contributed by atoms with E-state index in [9.17, 15) is 18.8 Å². The van der Waals surface area contributed by atoms with Crippen LogP contribution in [0.3, 0.4) is 0 Å². The van der Waals surface area contributed by atoms with Crippen molar-refractivity contribution >= 4 is 52.2 Å². The van der Waals surface area contributed by atoms with Crippen LogP contribution in [0.2, 0.25) is 0 Å². The van der Waals surface area contributed by atoms with Crippen molar-refractivity contribution in [3.05, 3.63) is 51.3 Å². The van der Waals surface area contributed by atoms with E-state index < -0.39 is 23.5 Å². The lowest BCUT2D eigenvalue weighted by molar-refractivity contribution is -0.139. The molecule has 0 spiro atoms. The molecule has 35 heavy (non-hydrogen) atoms. The number of benzene rings is 2. The first-order chi connectivity index (χ1) is 16.9. The van der Waals surface area contributed by atoms with Gasteiger partial charge in [0, 0.05) is 18.8 Å². The van der Waals surface area contributed by atoms with Gasteiger partial charge in [-0.1, -0.05) is 0 Å². The van der Waals surface area contributed by atoms with Crippen LogP contribution in [0.5, 0.6) is 11.5 Å². The number of ether oxygens (including phenoxy) is 3. The number of anilines is 1. The number of hydrogen-bond acceptors (Lipinski definition) is 7. The lowest BCUT2D eigenvalue weighted by Gasteiger charge is -2.13. The summed E-state index contributed by atoms with van der Waals surface area (Å²) in [5.74, 6) is -1.84. The van der Waals surface area contributed by atoms with Gasteiger partial charge in [0.05, 0.1) is 23.0 Å². The Morgan fingerprint density at radius 1 is 1.23 bits per heavy atom. The molecule has 2 aromatic rings. The molecule has 12 heteroatoms. The Morgan fingerprint density at radius 2 is 2.00 bits per heavy atom. The number of carbonyl (C=O) groups excluding carboxylic acids is 3. The molecule has 3 N–H and O–H groups in total. The van der Waals surface area contributed by atoms with E-state index in [-0.39, 0.29) is 19.3 Å². The smallest absolute Gasteiger partial charge is 0.329 e. The summed E-state index contributed by atoms with van der Waals surface area (Å²) in [6.07, 6.45) is 3.06. The van der Waals surface area contributed by atoms with Crippen molar-refractivity contribution in [3.63, 3.8) is 0 Å². The first-order valence-electron chi connectivity index (χ1n) is 10.6. The minimum absolute atomic E-state index is 0.0699. The number of nitrogens with zero attached hydrogens (tertiary/aromatic N) is 1. The first-order valence-corrected chi connectivity index (χ1v) is 11.7. The molecule has 1 aliphatic heterocycles. The van der Waals surface area contributed by atoms with Gasteiger partial charge in [-0.05, 0) is 77.4 Å². The standard InChI is InChI=1S/C23H24FIN4O6/c1-33-19-10-14(11-27-29-23(32)22(31)26-12-17-3-2-8-34-17)9-18(25)21(19)35-13-20(30)28-16-6-4-15(24)5-7-16/h4-7,9-11,17H,2-3,8,12-13H2,1H3,(H,26,31)(H,28,30)(H,29,32)/b27-11-/t17-/m1/s1. The maximum atomic E-state index is 13.0. The maximum absolute atomic E-state index is 13.0. The third kappa shape index (κ3) is 8.17. The fourth-order valence-corrected chi connectivity index (χ4v) is 3.91. The molecule has 0 unspecified atom stereocenters. The molecule has 1 fully saturated rings. The summed E-state index contributed by atoms with van der Waals surface area (Å²) in [7, 11) is 1.44. The molecule has 2 aromatic carbocycles. The highest BCUT2D eigenvalue weighted by molar-refractivity contribution is 14.1. The van der Waals surface area contributed by atoms with E-state index in [1.54, 1.807) is 12.1 Å². The van der Waals surface area contributed by atoms with Crippen molar-refractivity contribution in [2.24, 2.45) is 5.10 Å². The molecule has 0 bridgehead atoms.